The van der Waals surface area contributed by atoms with E-state index in [4.69, 9.17) is 11.5 Å². The maximum atomic E-state index is 5.69. The number of hydrogen-bond acceptors (Lipinski definition) is 2. The van der Waals surface area contributed by atoms with E-state index >= 15 is 0 Å². The number of hydrogen-bond donors (Lipinski definition) is 2. The summed E-state index contributed by atoms with van der Waals surface area (Å²) in [5.74, 6) is 0. The predicted octanol–water partition coefficient (Wildman–Crippen LogP) is 2.75. The second-order valence-electron chi connectivity index (χ2n) is 4.31. The van der Waals surface area contributed by atoms with Gasteiger partial charge in [-0.05, 0) is 54.3 Å². The second kappa shape index (κ2) is 5.02. The minimum absolute atomic E-state index is 0.695. The lowest BCUT2D eigenvalue weighted by atomic mass is 9.97. The van der Waals surface area contributed by atoms with Gasteiger partial charge in [0, 0.05) is 5.69 Å². The van der Waals surface area contributed by atoms with Crippen LogP contribution in [0.3, 0.4) is 0 Å². The predicted molar refractivity (Wildman–Crippen MR) is 73.8 cm³/mol. The van der Waals surface area contributed by atoms with Crippen molar-refractivity contribution in [2.24, 2.45) is 5.73 Å². The summed E-state index contributed by atoms with van der Waals surface area (Å²) in [5, 5.41) is 0. The first-order chi connectivity index (χ1) is 8.20. The van der Waals surface area contributed by atoms with Gasteiger partial charge in [0.15, 0.2) is 0 Å². The van der Waals surface area contributed by atoms with Crippen LogP contribution in [-0.2, 0) is 6.42 Å². The first-order valence-electron chi connectivity index (χ1n) is 5.86. The molecule has 0 aliphatic heterocycles. The van der Waals surface area contributed by atoms with Gasteiger partial charge in [-0.1, -0.05) is 30.3 Å². The van der Waals surface area contributed by atoms with Crippen molar-refractivity contribution in [2.45, 2.75) is 13.3 Å². The molecule has 17 heavy (non-hydrogen) atoms. The molecule has 2 nitrogen and oxygen atoms in total. The van der Waals surface area contributed by atoms with E-state index in [2.05, 4.69) is 37.3 Å². The monoisotopic (exact) mass is 226 g/mol. The summed E-state index contributed by atoms with van der Waals surface area (Å²) in [6.07, 6.45) is 0.933. The normalized spacial score (nSPS) is 10.5. The molecule has 0 aliphatic carbocycles. The Balaban J connectivity index is 2.36. The molecular formula is C15H18N2. The van der Waals surface area contributed by atoms with E-state index in [1.807, 2.05) is 12.1 Å². The smallest absolute Gasteiger partial charge is 0.0314 e. The second-order valence-corrected chi connectivity index (χ2v) is 4.31. The highest BCUT2D eigenvalue weighted by Gasteiger charge is 2.02. The average Bonchev–Trinajstić information content (AvgIpc) is 2.31. The van der Waals surface area contributed by atoms with Crippen LogP contribution in [0.1, 0.15) is 11.1 Å². The van der Waals surface area contributed by atoms with Gasteiger partial charge in [-0.3, -0.25) is 0 Å². The molecule has 0 bridgehead atoms. The Morgan fingerprint density at radius 3 is 2.29 bits per heavy atom. The third-order valence-corrected chi connectivity index (χ3v) is 2.95. The van der Waals surface area contributed by atoms with Crippen molar-refractivity contribution in [3.8, 4) is 11.1 Å². The van der Waals surface area contributed by atoms with E-state index in [0.717, 1.165) is 12.1 Å². The highest BCUT2D eigenvalue weighted by atomic mass is 14.5. The lowest BCUT2D eigenvalue weighted by Crippen LogP contribution is -2.02. The fourth-order valence-electron chi connectivity index (χ4n) is 2.03. The molecule has 0 aliphatic rings. The van der Waals surface area contributed by atoms with Gasteiger partial charge in [0.05, 0.1) is 0 Å². The van der Waals surface area contributed by atoms with Crippen LogP contribution >= 0.6 is 0 Å². The van der Waals surface area contributed by atoms with Crippen LogP contribution in [-0.4, -0.2) is 6.54 Å². The highest BCUT2D eigenvalue weighted by Crippen LogP contribution is 2.25. The van der Waals surface area contributed by atoms with E-state index in [1.54, 1.807) is 0 Å². The van der Waals surface area contributed by atoms with Crippen molar-refractivity contribution in [2.75, 3.05) is 12.3 Å². The summed E-state index contributed by atoms with van der Waals surface area (Å²) in [6.45, 7) is 2.83. The van der Waals surface area contributed by atoms with Crippen LogP contribution in [0, 0.1) is 6.92 Å². The zero-order valence-corrected chi connectivity index (χ0v) is 10.1. The number of rotatable bonds is 3. The molecule has 0 saturated carbocycles. The number of nitrogens with two attached hydrogens (primary N) is 2. The topological polar surface area (TPSA) is 52.0 Å². The maximum absolute atomic E-state index is 5.69. The van der Waals surface area contributed by atoms with Crippen LogP contribution in [0.5, 0.6) is 0 Å². The van der Waals surface area contributed by atoms with Gasteiger partial charge >= 0.3 is 0 Å². The van der Waals surface area contributed by atoms with Gasteiger partial charge in [0.1, 0.15) is 0 Å². The summed E-state index contributed by atoms with van der Waals surface area (Å²) in [4.78, 5) is 0. The average molecular weight is 226 g/mol. The Morgan fingerprint density at radius 1 is 1.00 bits per heavy atom. The Hall–Kier alpha value is -1.80. The van der Waals surface area contributed by atoms with Gasteiger partial charge in [0.2, 0.25) is 0 Å². The van der Waals surface area contributed by atoms with E-state index < -0.39 is 0 Å². The van der Waals surface area contributed by atoms with E-state index in [1.165, 1.54) is 22.3 Å². The molecule has 0 atom stereocenters. The number of aryl methyl sites for hydroxylation is 1. The quantitative estimate of drug-likeness (QED) is 0.791. The van der Waals surface area contributed by atoms with E-state index in [9.17, 15) is 0 Å². The molecule has 2 aromatic rings. The molecule has 2 aromatic carbocycles. The fourth-order valence-corrected chi connectivity index (χ4v) is 2.03. The third-order valence-electron chi connectivity index (χ3n) is 2.95. The van der Waals surface area contributed by atoms with Gasteiger partial charge in [-0.15, -0.1) is 0 Å². The molecule has 88 valence electrons. The minimum atomic E-state index is 0.695. The SMILES string of the molecule is Cc1cc(CCN)ccc1-c1ccc(N)cc1. The standard InChI is InChI=1S/C15H18N2/c1-11-10-12(8-9-16)2-7-15(11)13-3-5-14(17)6-4-13/h2-7,10H,8-9,16-17H2,1H3. The number of nitrogen functional groups attached to an aromatic ring is 1. The molecule has 2 rings (SSSR count). The van der Waals surface area contributed by atoms with Crippen LogP contribution in [0.2, 0.25) is 0 Å². The van der Waals surface area contributed by atoms with Crippen molar-refractivity contribution < 1.29 is 0 Å². The third kappa shape index (κ3) is 2.66. The zero-order chi connectivity index (χ0) is 12.3. The fraction of sp³-hybridized carbons (Fsp3) is 0.200. The van der Waals surface area contributed by atoms with Crippen molar-refractivity contribution in [3.05, 3.63) is 53.6 Å². The largest absolute Gasteiger partial charge is 0.399 e. The minimum Gasteiger partial charge on any atom is -0.399 e. The molecule has 0 fully saturated rings. The Morgan fingerprint density at radius 2 is 1.71 bits per heavy atom. The molecule has 0 unspecified atom stereocenters. The zero-order valence-electron chi connectivity index (χ0n) is 10.1. The Labute approximate surface area is 102 Å². The maximum Gasteiger partial charge on any atom is 0.0314 e. The molecule has 2 heteroatoms. The van der Waals surface area contributed by atoms with Crippen molar-refractivity contribution in [3.63, 3.8) is 0 Å². The molecule has 0 aromatic heterocycles. The lowest BCUT2D eigenvalue weighted by Gasteiger charge is -2.08. The Kier molecular flexibility index (Phi) is 3.45. The lowest BCUT2D eigenvalue weighted by molar-refractivity contribution is 0.967. The van der Waals surface area contributed by atoms with Gasteiger partial charge in [-0.25, -0.2) is 0 Å². The van der Waals surface area contributed by atoms with E-state index in [-0.39, 0.29) is 0 Å². The van der Waals surface area contributed by atoms with Crippen molar-refractivity contribution in [1.29, 1.82) is 0 Å². The van der Waals surface area contributed by atoms with E-state index in [0.29, 0.717) is 6.54 Å². The first kappa shape index (κ1) is 11.7. The molecular weight excluding hydrogens is 208 g/mol. The van der Waals surface area contributed by atoms with Gasteiger partial charge < -0.3 is 11.5 Å². The Bertz CT molecular complexity index is 501. The molecule has 0 spiro atoms. The van der Waals surface area contributed by atoms with Crippen molar-refractivity contribution in [1.82, 2.24) is 0 Å². The summed E-state index contributed by atoms with van der Waals surface area (Å²) in [6, 6.07) is 14.5. The summed E-state index contributed by atoms with van der Waals surface area (Å²) in [5.41, 5.74) is 17.1. The summed E-state index contributed by atoms with van der Waals surface area (Å²) in [7, 11) is 0. The molecule has 4 N–H and O–H groups in total. The molecule has 0 saturated heterocycles. The van der Waals surface area contributed by atoms with Crippen molar-refractivity contribution >= 4 is 5.69 Å². The number of anilines is 1. The first-order valence-corrected chi connectivity index (χ1v) is 5.86. The van der Waals surface area contributed by atoms with Crippen LogP contribution < -0.4 is 11.5 Å². The van der Waals surface area contributed by atoms with Crippen LogP contribution in [0.15, 0.2) is 42.5 Å². The molecule has 0 radical (unpaired) electrons. The summed E-state index contributed by atoms with van der Waals surface area (Å²) < 4.78 is 0. The van der Waals surface area contributed by atoms with Gasteiger partial charge in [0.25, 0.3) is 0 Å². The summed E-state index contributed by atoms with van der Waals surface area (Å²) >= 11 is 0. The highest BCUT2D eigenvalue weighted by molar-refractivity contribution is 5.69. The molecule has 0 amide bonds. The van der Waals surface area contributed by atoms with Gasteiger partial charge in [-0.2, -0.15) is 0 Å². The number of benzene rings is 2. The van der Waals surface area contributed by atoms with Crippen LogP contribution in [0.25, 0.3) is 11.1 Å². The molecule has 0 heterocycles. The van der Waals surface area contributed by atoms with Crippen LogP contribution in [0.4, 0.5) is 5.69 Å².